The van der Waals surface area contributed by atoms with Gasteiger partial charge in [0.2, 0.25) is 0 Å². The van der Waals surface area contributed by atoms with Gasteiger partial charge in [0.15, 0.2) is 0 Å². The van der Waals surface area contributed by atoms with Gasteiger partial charge in [-0.15, -0.1) is 0 Å². The van der Waals surface area contributed by atoms with Crippen molar-refractivity contribution in [1.82, 2.24) is 4.90 Å². The van der Waals surface area contributed by atoms with E-state index < -0.39 is 0 Å². The number of aryl methyl sites for hydroxylation is 2. The van der Waals surface area contributed by atoms with E-state index in [1.54, 1.807) is 6.07 Å². The van der Waals surface area contributed by atoms with Crippen molar-refractivity contribution in [2.24, 2.45) is 5.92 Å². The van der Waals surface area contributed by atoms with Crippen molar-refractivity contribution in [2.45, 2.75) is 40.2 Å². The highest BCUT2D eigenvalue weighted by molar-refractivity contribution is 5.84. The lowest BCUT2D eigenvalue weighted by molar-refractivity contribution is -0.150. The fraction of sp³-hybridized carbons (Fsp3) is 0.500. The maximum atomic E-state index is 12.0. The first-order valence-electron chi connectivity index (χ1n) is 8.91. The first-order chi connectivity index (χ1) is 12.0. The van der Waals surface area contributed by atoms with Crippen molar-refractivity contribution < 1.29 is 13.9 Å². The Morgan fingerprint density at radius 1 is 1.32 bits per heavy atom. The molecule has 3 rings (SSSR count). The van der Waals surface area contributed by atoms with Gasteiger partial charge in [0.05, 0.1) is 12.5 Å². The molecule has 0 radical (unpaired) electrons. The Labute approximate surface area is 147 Å². The largest absolute Gasteiger partial charge is 0.466 e. The van der Waals surface area contributed by atoms with Gasteiger partial charge in [0, 0.05) is 24.5 Å². The number of rotatable bonds is 4. The second-order valence-corrected chi connectivity index (χ2v) is 6.87. The fourth-order valence-electron chi connectivity index (χ4n) is 3.79. The van der Waals surface area contributed by atoms with Crippen molar-refractivity contribution in [2.75, 3.05) is 19.7 Å². The van der Waals surface area contributed by atoms with Crippen LogP contribution in [0.2, 0.25) is 0 Å². The summed E-state index contributed by atoms with van der Waals surface area (Å²) in [5.74, 6) is -0.195. The number of carbonyl (C=O) groups excluding carboxylic acids is 1. The highest BCUT2D eigenvalue weighted by Gasteiger charge is 2.27. The lowest BCUT2D eigenvalue weighted by Gasteiger charge is -2.31. The second-order valence-electron chi connectivity index (χ2n) is 6.87. The van der Waals surface area contributed by atoms with Crippen LogP contribution in [0.1, 0.15) is 36.5 Å². The van der Waals surface area contributed by atoms with E-state index in [1.807, 2.05) is 26.8 Å². The predicted octanol–water partition coefficient (Wildman–Crippen LogP) is 3.18. The number of benzene rings is 1. The molecule has 5 heteroatoms. The third kappa shape index (κ3) is 3.93. The Morgan fingerprint density at radius 2 is 2.12 bits per heavy atom. The van der Waals surface area contributed by atoms with Crippen LogP contribution < -0.4 is 5.63 Å². The van der Waals surface area contributed by atoms with Gasteiger partial charge in [0.25, 0.3) is 0 Å². The molecule has 25 heavy (non-hydrogen) atoms. The molecule has 0 N–H and O–H groups in total. The average molecular weight is 343 g/mol. The molecular weight excluding hydrogens is 318 g/mol. The molecule has 0 amide bonds. The Bertz CT molecular complexity index is 839. The summed E-state index contributed by atoms with van der Waals surface area (Å²) in [5.41, 5.74) is 3.46. The SMILES string of the molecule is CCOC(=O)[C@H]1CCCN(Cc2cc(=O)oc3cc(C)cc(C)c23)C1. The van der Waals surface area contributed by atoms with Crippen LogP contribution in [0.25, 0.3) is 11.0 Å². The number of carbonyl (C=O) groups is 1. The molecule has 1 saturated heterocycles. The summed E-state index contributed by atoms with van der Waals surface area (Å²) in [6.07, 6.45) is 1.83. The molecule has 2 aromatic rings. The molecule has 2 heterocycles. The molecular formula is C20H25NO4. The normalized spacial score (nSPS) is 18.4. The average Bonchev–Trinajstić information content (AvgIpc) is 2.54. The van der Waals surface area contributed by atoms with E-state index in [4.69, 9.17) is 9.15 Å². The summed E-state index contributed by atoms with van der Waals surface area (Å²) in [4.78, 5) is 26.2. The first kappa shape index (κ1) is 17.7. The second kappa shape index (κ2) is 7.40. The van der Waals surface area contributed by atoms with Gasteiger partial charge >= 0.3 is 11.6 Å². The van der Waals surface area contributed by atoms with Crippen LogP contribution >= 0.6 is 0 Å². The molecule has 0 aliphatic carbocycles. The quantitative estimate of drug-likeness (QED) is 0.630. The number of ether oxygens (including phenoxy) is 1. The lowest BCUT2D eigenvalue weighted by Crippen LogP contribution is -2.39. The highest BCUT2D eigenvalue weighted by atomic mass is 16.5. The third-order valence-corrected chi connectivity index (χ3v) is 4.79. The number of likely N-dealkylation sites (tertiary alicyclic amines) is 1. The summed E-state index contributed by atoms with van der Waals surface area (Å²) in [6, 6.07) is 5.59. The molecule has 5 nitrogen and oxygen atoms in total. The number of hydrogen-bond acceptors (Lipinski definition) is 5. The minimum atomic E-state index is -0.327. The number of fused-ring (bicyclic) bond motifs is 1. The van der Waals surface area contributed by atoms with Crippen molar-refractivity contribution in [3.63, 3.8) is 0 Å². The molecule has 134 valence electrons. The van der Waals surface area contributed by atoms with Gasteiger partial charge in [-0.25, -0.2) is 4.79 Å². The van der Waals surface area contributed by atoms with Crippen molar-refractivity contribution in [1.29, 1.82) is 0 Å². The molecule has 1 aliphatic heterocycles. The number of hydrogen-bond donors (Lipinski definition) is 0. The van der Waals surface area contributed by atoms with E-state index in [-0.39, 0.29) is 17.5 Å². The minimum absolute atomic E-state index is 0.0802. The van der Waals surface area contributed by atoms with Gasteiger partial charge in [-0.1, -0.05) is 6.07 Å². The molecule has 0 bridgehead atoms. The zero-order chi connectivity index (χ0) is 18.0. The summed E-state index contributed by atoms with van der Waals surface area (Å²) in [6.45, 7) is 8.51. The van der Waals surface area contributed by atoms with E-state index in [1.165, 1.54) is 0 Å². The first-order valence-corrected chi connectivity index (χ1v) is 8.91. The van der Waals surface area contributed by atoms with Crippen LogP contribution in [0.4, 0.5) is 0 Å². The molecule has 0 saturated carbocycles. The van der Waals surface area contributed by atoms with E-state index in [0.29, 0.717) is 25.3 Å². The highest BCUT2D eigenvalue weighted by Crippen LogP contribution is 2.26. The van der Waals surface area contributed by atoms with Crippen molar-refractivity contribution in [3.8, 4) is 0 Å². The molecule has 0 unspecified atom stereocenters. The predicted molar refractivity (Wildman–Crippen MR) is 96.6 cm³/mol. The molecule has 1 atom stereocenters. The summed E-state index contributed by atoms with van der Waals surface area (Å²) >= 11 is 0. The molecule has 1 fully saturated rings. The van der Waals surface area contributed by atoms with E-state index in [9.17, 15) is 9.59 Å². The number of nitrogens with zero attached hydrogens (tertiary/aromatic N) is 1. The molecule has 1 aromatic carbocycles. The fourth-order valence-corrected chi connectivity index (χ4v) is 3.79. The van der Waals surface area contributed by atoms with Crippen LogP contribution in [0.5, 0.6) is 0 Å². The van der Waals surface area contributed by atoms with Gasteiger partial charge in [0.1, 0.15) is 5.58 Å². The number of esters is 1. The maximum Gasteiger partial charge on any atom is 0.336 e. The standard InChI is InChI=1S/C20H25NO4/c1-4-24-20(23)15-6-5-7-21(11-15)12-16-10-18(22)25-17-9-13(2)8-14(3)19(16)17/h8-10,15H,4-7,11-12H2,1-3H3/t15-/m0/s1. The molecule has 0 spiro atoms. The Balaban J connectivity index is 1.87. The summed E-state index contributed by atoms with van der Waals surface area (Å²) < 4.78 is 10.6. The van der Waals surface area contributed by atoms with Crippen LogP contribution in [0.15, 0.2) is 27.4 Å². The summed E-state index contributed by atoms with van der Waals surface area (Å²) in [5, 5.41) is 1.00. The molecule has 1 aromatic heterocycles. The van der Waals surface area contributed by atoms with Crippen LogP contribution in [0, 0.1) is 19.8 Å². The zero-order valence-electron chi connectivity index (χ0n) is 15.1. The maximum absolute atomic E-state index is 12.0. The van der Waals surface area contributed by atoms with Crippen molar-refractivity contribution in [3.05, 3.63) is 45.3 Å². The zero-order valence-corrected chi connectivity index (χ0v) is 15.1. The van der Waals surface area contributed by atoms with Gasteiger partial charge < -0.3 is 9.15 Å². The monoisotopic (exact) mass is 343 g/mol. The van der Waals surface area contributed by atoms with Gasteiger partial charge in [-0.3, -0.25) is 9.69 Å². The van der Waals surface area contributed by atoms with Crippen LogP contribution in [0.3, 0.4) is 0 Å². The number of piperidine rings is 1. The van der Waals surface area contributed by atoms with Gasteiger partial charge in [-0.2, -0.15) is 0 Å². The van der Waals surface area contributed by atoms with Crippen molar-refractivity contribution >= 4 is 16.9 Å². The van der Waals surface area contributed by atoms with Gasteiger partial charge in [-0.05, 0) is 62.9 Å². The van der Waals surface area contributed by atoms with Crippen LogP contribution in [-0.2, 0) is 16.1 Å². The third-order valence-electron chi connectivity index (χ3n) is 4.79. The Morgan fingerprint density at radius 3 is 2.88 bits per heavy atom. The van der Waals surface area contributed by atoms with E-state index >= 15 is 0 Å². The lowest BCUT2D eigenvalue weighted by atomic mass is 9.96. The Kier molecular flexibility index (Phi) is 5.23. The Hall–Kier alpha value is -2.14. The van der Waals surface area contributed by atoms with Crippen LogP contribution in [-0.4, -0.2) is 30.6 Å². The smallest absolute Gasteiger partial charge is 0.336 e. The topological polar surface area (TPSA) is 59.8 Å². The molecule has 1 aliphatic rings. The van der Waals surface area contributed by atoms with E-state index in [2.05, 4.69) is 11.0 Å². The van der Waals surface area contributed by atoms with E-state index in [0.717, 1.165) is 41.5 Å². The minimum Gasteiger partial charge on any atom is -0.466 e. The summed E-state index contributed by atoms with van der Waals surface area (Å²) in [7, 11) is 0.